The smallest absolute Gasteiger partial charge is 0.378 e. The van der Waals surface area contributed by atoms with E-state index in [0.717, 1.165) is 31.2 Å². The van der Waals surface area contributed by atoms with Gasteiger partial charge in [-0.05, 0) is 73.9 Å². The molecule has 0 radical (unpaired) electrons. The van der Waals surface area contributed by atoms with Crippen LogP contribution in [0.15, 0.2) is 42.5 Å². The summed E-state index contributed by atoms with van der Waals surface area (Å²) in [4.78, 5) is 18.8. The molecule has 0 spiro atoms. The SMILES string of the molecule is Cn1nc(NS(C)(=O)=O)c2c(Cl)ccc(-c3ccc(C#CC(C)(O)C4CC4)nc3[C@H](Cc3cc(F)cc(F)c3)NC(=O)Cn3nc(C(F)(F)F)c4c3C(F)(F)[C@@H]3C#C[C@H]43)c21. The molecule has 0 saturated heterocycles. The van der Waals surface area contributed by atoms with Gasteiger partial charge in [0, 0.05) is 29.8 Å². The summed E-state index contributed by atoms with van der Waals surface area (Å²) in [5, 5.41) is 21.6. The summed E-state index contributed by atoms with van der Waals surface area (Å²) < 4.78 is 131. The quantitative estimate of drug-likeness (QED) is 0.106. The molecule has 3 aromatic heterocycles. The number of hydrogen-bond donors (Lipinski definition) is 3. The standard InChI is InChI=1S/C40H31ClF7N7O4S/c1-38(57,20-4-5-20)13-12-23-6-7-24(25-9-11-28(41)32-34(25)54(2)52-37(32)53-60(3,58)59)33(49-23)29(16-19-14-21(42)17-22(43)15-19)50-30(56)18-55-36-31(35(51-55)40(46,47)48)26-8-10-27(26)39(36,44)45/h6-7,9,11,14-15,17,20,26-27,29,57H,4-5,16,18H2,1-3H3,(H,50,56)(H,52,53)/t26-,27+,29-,38?/m0/s1. The van der Waals surface area contributed by atoms with Crippen LogP contribution in [-0.2, 0) is 46.9 Å². The van der Waals surface area contributed by atoms with Gasteiger partial charge >= 0.3 is 12.1 Å². The van der Waals surface area contributed by atoms with Crippen LogP contribution in [0.25, 0.3) is 22.0 Å². The average Bonchev–Trinajstić information content (AvgIpc) is 3.80. The number of pyridine rings is 1. The van der Waals surface area contributed by atoms with E-state index >= 15 is 8.78 Å². The van der Waals surface area contributed by atoms with Gasteiger partial charge in [0.25, 0.3) is 0 Å². The predicted octanol–water partition coefficient (Wildman–Crippen LogP) is 6.59. The van der Waals surface area contributed by atoms with E-state index in [1.807, 2.05) is 0 Å². The van der Waals surface area contributed by atoms with Gasteiger partial charge in [-0.2, -0.15) is 32.1 Å². The van der Waals surface area contributed by atoms with Crippen LogP contribution in [-0.4, -0.2) is 55.8 Å². The summed E-state index contributed by atoms with van der Waals surface area (Å²) in [5.74, 6) is -0.134. The number of anilines is 1. The lowest BCUT2D eigenvalue weighted by molar-refractivity contribution is -0.142. The number of alkyl halides is 5. The molecule has 312 valence electrons. The molecule has 3 aliphatic carbocycles. The highest BCUT2D eigenvalue weighted by Crippen LogP contribution is 2.58. The molecule has 1 amide bonds. The third-order valence-corrected chi connectivity index (χ3v) is 11.5. The zero-order chi connectivity index (χ0) is 43.3. The van der Waals surface area contributed by atoms with Crippen molar-refractivity contribution >= 4 is 44.3 Å². The Morgan fingerprint density at radius 2 is 1.77 bits per heavy atom. The van der Waals surface area contributed by atoms with Gasteiger partial charge in [0.1, 0.15) is 41.1 Å². The summed E-state index contributed by atoms with van der Waals surface area (Å²) in [6.45, 7) is 0.398. The molecule has 8 rings (SSSR count). The Kier molecular flexibility index (Phi) is 9.76. The summed E-state index contributed by atoms with van der Waals surface area (Å²) in [7, 11) is -2.36. The van der Waals surface area contributed by atoms with E-state index in [9.17, 15) is 40.3 Å². The highest BCUT2D eigenvalue weighted by Gasteiger charge is 2.62. The number of halogens is 8. The number of aryl methyl sites for hydroxylation is 1. The average molecular weight is 874 g/mol. The number of amides is 1. The van der Waals surface area contributed by atoms with Gasteiger partial charge in [0.05, 0.1) is 39.8 Å². The fourth-order valence-corrected chi connectivity index (χ4v) is 8.49. The maximum Gasteiger partial charge on any atom is 0.435 e. The lowest BCUT2D eigenvalue weighted by atomic mass is 9.84. The zero-order valence-corrected chi connectivity index (χ0v) is 33.1. The second kappa shape index (κ2) is 14.2. The minimum Gasteiger partial charge on any atom is -0.378 e. The van der Waals surface area contributed by atoms with Crippen LogP contribution in [0, 0.1) is 47.2 Å². The number of aromatic nitrogens is 5. The van der Waals surface area contributed by atoms with Gasteiger partial charge in [-0.1, -0.05) is 35.4 Å². The molecular weight excluding hydrogens is 843 g/mol. The number of fused-ring (bicyclic) bond motifs is 4. The first-order valence-electron chi connectivity index (χ1n) is 18.2. The Bertz CT molecular complexity index is 2860. The lowest BCUT2D eigenvalue weighted by Crippen LogP contribution is -2.36. The predicted molar refractivity (Wildman–Crippen MR) is 204 cm³/mol. The zero-order valence-electron chi connectivity index (χ0n) is 31.5. The molecule has 1 fully saturated rings. The minimum absolute atomic E-state index is 0.0141. The van der Waals surface area contributed by atoms with E-state index in [1.54, 1.807) is 13.0 Å². The van der Waals surface area contributed by atoms with Crippen molar-refractivity contribution in [1.82, 2.24) is 29.9 Å². The van der Waals surface area contributed by atoms with E-state index in [-0.39, 0.29) is 50.2 Å². The molecule has 4 atom stereocenters. The Morgan fingerprint density at radius 1 is 1.08 bits per heavy atom. The van der Waals surface area contributed by atoms with E-state index in [0.29, 0.717) is 16.3 Å². The van der Waals surface area contributed by atoms with Crippen molar-refractivity contribution in [2.45, 2.75) is 62.4 Å². The third kappa shape index (κ3) is 7.54. The molecule has 2 aromatic carbocycles. The minimum atomic E-state index is -5.16. The van der Waals surface area contributed by atoms with Crippen molar-refractivity contribution in [1.29, 1.82) is 0 Å². The Balaban J connectivity index is 1.28. The van der Waals surface area contributed by atoms with Crippen molar-refractivity contribution < 1.29 is 49.1 Å². The number of carbonyl (C=O) groups excluding carboxylic acids is 1. The monoisotopic (exact) mass is 873 g/mol. The number of rotatable bonds is 10. The number of hydrogen-bond acceptors (Lipinski definition) is 7. The van der Waals surface area contributed by atoms with Gasteiger partial charge < -0.3 is 10.4 Å². The summed E-state index contributed by atoms with van der Waals surface area (Å²) >= 11 is 6.59. The second-order valence-corrected chi connectivity index (χ2v) is 17.4. The third-order valence-electron chi connectivity index (χ3n) is 10.6. The summed E-state index contributed by atoms with van der Waals surface area (Å²) in [6, 6.07) is 7.18. The highest BCUT2D eigenvalue weighted by molar-refractivity contribution is 7.92. The fourth-order valence-electron chi connectivity index (χ4n) is 7.76. The largest absolute Gasteiger partial charge is 0.435 e. The van der Waals surface area contributed by atoms with Crippen LogP contribution in [0.2, 0.25) is 5.02 Å². The van der Waals surface area contributed by atoms with E-state index < -0.39 is 93.1 Å². The van der Waals surface area contributed by atoms with Crippen LogP contribution in [0.4, 0.5) is 36.6 Å². The molecule has 3 aliphatic rings. The summed E-state index contributed by atoms with van der Waals surface area (Å²) in [6.07, 6.45) is -3.17. The van der Waals surface area contributed by atoms with Gasteiger partial charge in [0.15, 0.2) is 11.5 Å². The van der Waals surface area contributed by atoms with Crippen molar-refractivity contribution in [2.75, 3.05) is 11.0 Å². The molecule has 11 nitrogen and oxygen atoms in total. The van der Waals surface area contributed by atoms with Gasteiger partial charge in [0.2, 0.25) is 15.9 Å². The topological polar surface area (TPSA) is 144 Å². The molecule has 1 saturated carbocycles. The molecule has 60 heavy (non-hydrogen) atoms. The van der Waals surface area contributed by atoms with Gasteiger partial charge in [-0.3, -0.25) is 18.9 Å². The first-order chi connectivity index (χ1) is 28.0. The van der Waals surface area contributed by atoms with Crippen LogP contribution < -0.4 is 10.0 Å². The van der Waals surface area contributed by atoms with Crippen molar-refractivity contribution in [3.63, 3.8) is 0 Å². The van der Waals surface area contributed by atoms with Crippen molar-refractivity contribution in [3.8, 4) is 34.8 Å². The molecule has 3 N–H and O–H groups in total. The van der Waals surface area contributed by atoms with Crippen molar-refractivity contribution in [3.05, 3.63) is 93.0 Å². The molecular formula is C40H31ClF7N7O4S. The Morgan fingerprint density at radius 3 is 2.38 bits per heavy atom. The Labute approximate surface area is 342 Å². The van der Waals surface area contributed by atoms with E-state index in [1.165, 1.54) is 29.9 Å². The maximum atomic E-state index is 15.6. The van der Waals surface area contributed by atoms with Crippen LogP contribution in [0.1, 0.15) is 65.6 Å². The number of nitrogens with one attached hydrogen (secondary N) is 2. The number of sulfonamides is 1. The molecule has 1 unspecified atom stereocenters. The highest BCUT2D eigenvalue weighted by atomic mass is 35.5. The van der Waals surface area contributed by atoms with E-state index in [2.05, 4.69) is 43.9 Å². The number of benzene rings is 2. The van der Waals surface area contributed by atoms with Crippen LogP contribution in [0.5, 0.6) is 0 Å². The lowest BCUT2D eigenvalue weighted by Gasteiger charge is -2.24. The second-order valence-electron chi connectivity index (χ2n) is 15.2. The molecule has 5 aromatic rings. The summed E-state index contributed by atoms with van der Waals surface area (Å²) in [5.41, 5.74) is -4.11. The van der Waals surface area contributed by atoms with E-state index in [4.69, 9.17) is 16.6 Å². The maximum absolute atomic E-state index is 15.6. The van der Waals surface area contributed by atoms with Crippen LogP contribution >= 0.6 is 11.6 Å². The molecule has 0 bridgehead atoms. The first kappa shape index (κ1) is 41.1. The molecule has 3 heterocycles. The van der Waals surface area contributed by atoms with Gasteiger partial charge in [-0.25, -0.2) is 22.2 Å². The number of nitrogens with zero attached hydrogens (tertiary/aromatic N) is 5. The fraction of sp³-hybridized carbons (Fsp3) is 0.350. The molecule has 20 heteroatoms. The Hall–Kier alpha value is -5.63. The molecule has 0 aliphatic heterocycles. The van der Waals surface area contributed by atoms with Crippen LogP contribution in [0.3, 0.4) is 0 Å². The van der Waals surface area contributed by atoms with Crippen molar-refractivity contribution in [2.24, 2.45) is 18.9 Å². The number of carbonyl (C=O) groups is 1. The normalized spacial score (nSPS) is 19.2. The first-order valence-corrected chi connectivity index (χ1v) is 20.5. The van der Waals surface area contributed by atoms with Gasteiger partial charge in [-0.15, -0.1) is 0 Å². The number of aliphatic hydroxyl groups is 1.